The van der Waals surface area contributed by atoms with Crippen molar-refractivity contribution in [1.82, 2.24) is 4.57 Å². The first kappa shape index (κ1) is 24.8. The number of aromatic nitrogens is 1. The lowest BCUT2D eigenvalue weighted by atomic mass is 9.99. The molecule has 0 amide bonds. The zero-order chi connectivity index (χ0) is 29.5. The lowest BCUT2D eigenvalue weighted by Crippen LogP contribution is -1.94. The maximum atomic E-state index is 6.52. The Hall–Kier alpha value is -5.64. The third kappa shape index (κ3) is 3.68. The van der Waals surface area contributed by atoms with Gasteiger partial charge in [0, 0.05) is 47.4 Å². The number of thiophene rings is 1. The summed E-state index contributed by atoms with van der Waals surface area (Å²) in [6, 6.07) is 54.8. The molecule has 10 rings (SSSR count). The largest absolute Gasteiger partial charge is 0.454 e. The molecule has 0 radical (unpaired) electrons. The van der Waals surface area contributed by atoms with Gasteiger partial charge in [-0.05, 0) is 70.8 Å². The van der Waals surface area contributed by atoms with Gasteiger partial charge in [0.1, 0.15) is 5.58 Å². The van der Waals surface area contributed by atoms with E-state index in [1.54, 1.807) is 0 Å². The van der Waals surface area contributed by atoms with Gasteiger partial charge >= 0.3 is 0 Å². The first-order chi connectivity index (χ1) is 22.3. The van der Waals surface area contributed by atoms with Crippen molar-refractivity contribution in [1.29, 1.82) is 0 Å². The van der Waals surface area contributed by atoms with Gasteiger partial charge in [-0.15, -0.1) is 11.3 Å². The van der Waals surface area contributed by atoms with Crippen LogP contribution in [-0.4, -0.2) is 4.57 Å². The molecule has 0 aliphatic heterocycles. The van der Waals surface area contributed by atoms with E-state index >= 15 is 0 Å². The average Bonchev–Trinajstić information content (AvgIpc) is 3.78. The summed E-state index contributed by atoms with van der Waals surface area (Å²) in [5.41, 5.74) is 10.1. The van der Waals surface area contributed by atoms with Crippen LogP contribution in [0, 0.1) is 0 Å². The third-order valence-electron chi connectivity index (χ3n) is 9.23. The van der Waals surface area contributed by atoms with E-state index in [-0.39, 0.29) is 0 Å². The number of furan rings is 1. The van der Waals surface area contributed by atoms with E-state index in [2.05, 4.69) is 150 Å². The predicted octanol–water partition coefficient (Wildman–Crippen LogP) is 12.4. The van der Waals surface area contributed by atoms with E-state index < -0.39 is 0 Å². The fourth-order valence-corrected chi connectivity index (χ4v) is 8.15. The summed E-state index contributed by atoms with van der Waals surface area (Å²) in [7, 11) is 0. The van der Waals surface area contributed by atoms with Crippen molar-refractivity contribution in [2.24, 2.45) is 0 Å². The van der Waals surface area contributed by atoms with Crippen LogP contribution in [0.1, 0.15) is 0 Å². The fraction of sp³-hybridized carbons (Fsp3) is 0. The Kier molecular flexibility index (Phi) is 5.19. The van der Waals surface area contributed by atoms with Crippen LogP contribution in [0.25, 0.3) is 91.9 Å². The van der Waals surface area contributed by atoms with Gasteiger partial charge in [0.05, 0.1) is 11.0 Å². The van der Waals surface area contributed by atoms with Crippen molar-refractivity contribution in [3.63, 3.8) is 0 Å². The van der Waals surface area contributed by atoms with Gasteiger partial charge in [-0.3, -0.25) is 0 Å². The van der Waals surface area contributed by atoms with Crippen molar-refractivity contribution < 1.29 is 4.42 Å². The molecule has 45 heavy (non-hydrogen) atoms. The minimum atomic E-state index is 0.916. The molecule has 0 aliphatic rings. The Morgan fingerprint density at radius 1 is 0.422 bits per heavy atom. The molecule has 210 valence electrons. The molecule has 0 aliphatic carbocycles. The number of benzene rings is 7. The van der Waals surface area contributed by atoms with Crippen molar-refractivity contribution in [3.05, 3.63) is 152 Å². The molecule has 2 nitrogen and oxygen atoms in total. The molecular formula is C42H25NOS. The lowest BCUT2D eigenvalue weighted by molar-refractivity contribution is 0.671. The highest BCUT2D eigenvalue weighted by atomic mass is 32.1. The second-order valence-electron chi connectivity index (χ2n) is 11.7. The van der Waals surface area contributed by atoms with E-state index in [0.717, 1.165) is 33.1 Å². The minimum absolute atomic E-state index is 0.916. The van der Waals surface area contributed by atoms with E-state index in [1.807, 2.05) is 17.4 Å². The molecule has 7 aromatic carbocycles. The first-order valence-electron chi connectivity index (χ1n) is 15.3. The highest BCUT2D eigenvalue weighted by Gasteiger charge is 2.18. The molecule has 0 saturated carbocycles. The van der Waals surface area contributed by atoms with Crippen LogP contribution in [0.2, 0.25) is 0 Å². The van der Waals surface area contributed by atoms with E-state index in [4.69, 9.17) is 4.42 Å². The Morgan fingerprint density at radius 2 is 1.02 bits per heavy atom. The van der Waals surface area contributed by atoms with E-state index in [9.17, 15) is 0 Å². The number of nitrogens with zero attached hydrogens (tertiary/aromatic N) is 1. The van der Waals surface area contributed by atoms with Gasteiger partial charge < -0.3 is 8.98 Å². The number of hydrogen-bond donors (Lipinski definition) is 0. The van der Waals surface area contributed by atoms with Crippen LogP contribution < -0.4 is 0 Å². The fourth-order valence-electron chi connectivity index (χ4n) is 7.06. The average molecular weight is 592 g/mol. The number of hydrogen-bond acceptors (Lipinski definition) is 2. The molecule has 0 unspecified atom stereocenters. The lowest BCUT2D eigenvalue weighted by Gasteiger charge is -2.10. The Morgan fingerprint density at radius 3 is 1.84 bits per heavy atom. The quantitative estimate of drug-likeness (QED) is 0.200. The van der Waals surface area contributed by atoms with Crippen molar-refractivity contribution in [2.75, 3.05) is 0 Å². The molecule has 3 heterocycles. The summed E-state index contributed by atoms with van der Waals surface area (Å²) >= 11 is 1.86. The molecule has 10 aromatic rings. The molecule has 3 heteroatoms. The highest BCUT2D eigenvalue weighted by molar-refractivity contribution is 7.25. The number of fused-ring (bicyclic) bond motifs is 10. The van der Waals surface area contributed by atoms with Crippen molar-refractivity contribution in [2.45, 2.75) is 0 Å². The van der Waals surface area contributed by atoms with Crippen LogP contribution in [0.3, 0.4) is 0 Å². The SMILES string of the molecule is c1ccc2c(c1)oc1c2ccc2c3ccccc3n(-c3ccc(-c4ccc(-c5ccc6sc7ccccc7c6c5)cc4)cc3)c21. The van der Waals surface area contributed by atoms with Crippen LogP contribution in [0.5, 0.6) is 0 Å². The number of rotatable bonds is 3. The summed E-state index contributed by atoms with van der Waals surface area (Å²) in [6.45, 7) is 0. The Bertz CT molecular complexity index is 2740. The molecule has 3 aromatic heterocycles. The van der Waals surface area contributed by atoms with E-state index in [1.165, 1.54) is 58.7 Å². The summed E-state index contributed by atoms with van der Waals surface area (Å²) in [5.74, 6) is 0. The van der Waals surface area contributed by atoms with Crippen molar-refractivity contribution >= 4 is 75.3 Å². The summed E-state index contributed by atoms with van der Waals surface area (Å²) in [5, 5.41) is 7.38. The second-order valence-corrected chi connectivity index (χ2v) is 12.8. The van der Waals surface area contributed by atoms with Gasteiger partial charge in [-0.1, -0.05) is 103 Å². The van der Waals surface area contributed by atoms with Crippen LogP contribution >= 0.6 is 11.3 Å². The van der Waals surface area contributed by atoms with Gasteiger partial charge in [0.15, 0.2) is 5.58 Å². The van der Waals surface area contributed by atoms with Gasteiger partial charge in [0.2, 0.25) is 0 Å². The number of para-hydroxylation sites is 2. The molecule has 0 spiro atoms. The zero-order valence-corrected chi connectivity index (χ0v) is 25.0. The van der Waals surface area contributed by atoms with E-state index in [0.29, 0.717) is 0 Å². The monoisotopic (exact) mass is 591 g/mol. The third-order valence-corrected chi connectivity index (χ3v) is 10.4. The second kappa shape index (κ2) is 9.43. The van der Waals surface area contributed by atoms with Gasteiger partial charge in [-0.2, -0.15) is 0 Å². The predicted molar refractivity (Wildman–Crippen MR) is 192 cm³/mol. The molecular weight excluding hydrogens is 567 g/mol. The highest BCUT2D eigenvalue weighted by Crippen LogP contribution is 2.41. The smallest absolute Gasteiger partial charge is 0.160 e. The molecule has 0 bridgehead atoms. The summed E-state index contributed by atoms with van der Waals surface area (Å²) in [6.07, 6.45) is 0. The first-order valence-corrected chi connectivity index (χ1v) is 16.1. The molecule has 0 N–H and O–H groups in total. The minimum Gasteiger partial charge on any atom is -0.454 e. The van der Waals surface area contributed by atoms with Crippen molar-refractivity contribution in [3.8, 4) is 27.9 Å². The Balaban J connectivity index is 1.06. The summed E-state index contributed by atoms with van der Waals surface area (Å²) < 4.78 is 11.5. The normalized spacial score (nSPS) is 12.0. The maximum Gasteiger partial charge on any atom is 0.160 e. The Labute approximate surface area is 263 Å². The molecule has 0 saturated heterocycles. The standard InChI is InChI=1S/C42H25NOS/c1-4-10-37-31(7-1)34-22-23-35-32-8-2-5-11-38(32)44-42(35)41(34)43(37)30-20-17-27(18-21-30)26-13-15-28(16-14-26)29-19-24-40-36(25-29)33-9-3-6-12-39(33)45-40/h1-25H. The maximum absolute atomic E-state index is 6.52. The summed E-state index contributed by atoms with van der Waals surface area (Å²) in [4.78, 5) is 0. The van der Waals surface area contributed by atoms with Crippen LogP contribution in [0.15, 0.2) is 156 Å². The molecule has 0 atom stereocenters. The van der Waals surface area contributed by atoms with Crippen LogP contribution in [-0.2, 0) is 0 Å². The van der Waals surface area contributed by atoms with Gasteiger partial charge in [-0.25, -0.2) is 0 Å². The van der Waals surface area contributed by atoms with Gasteiger partial charge in [0.25, 0.3) is 0 Å². The molecule has 0 fully saturated rings. The van der Waals surface area contributed by atoms with Crippen LogP contribution in [0.4, 0.5) is 0 Å². The topological polar surface area (TPSA) is 18.1 Å². The zero-order valence-electron chi connectivity index (χ0n) is 24.2.